The van der Waals surface area contributed by atoms with Gasteiger partial charge in [-0.25, -0.2) is 4.79 Å². The second-order valence-electron chi connectivity index (χ2n) is 6.46. The Morgan fingerprint density at radius 2 is 2.07 bits per heavy atom. The van der Waals surface area contributed by atoms with Crippen molar-refractivity contribution in [2.75, 3.05) is 19.5 Å². The molecular weight excluding hydrogens is 344 g/mol. The van der Waals surface area contributed by atoms with Gasteiger partial charge in [-0.2, -0.15) is 10.2 Å². The molecule has 0 saturated heterocycles. The molecule has 2 N–H and O–H groups in total. The third kappa shape index (κ3) is 3.79. The predicted molar refractivity (Wildman–Crippen MR) is 104 cm³/mol. The van der Waals surface area contributed by atoms with E-state index >= 15 is 0 Å². The van der Waals surface area contributed by atoms with Gasteiger partial charge < -0.3 is 9.64 Å². The SMILES string of the molecule is COc1ccccc1-c1c(C)nn(C)c1NC(=O)N(C)Cc1cc(C)[nH]n1. The molecule has 0 saturated carbocycles. The Labute approximate surface area is 158 Å². The van der Waals surface area contributed by atoms with E-state index in [-0.39, 0.29) is 6.03 Å². The number of para-hydroxylation sites is 1. The number of methoxy groups -OCH3 is 1. The van der Waals surface area contributed by atoms with Gasteiger partial charge >= 0.3 is 6.03 Å². The third-order valence-corrected chi connectivity index (χ3v) is 4.33. The van der Waals surface area contributed by atoms with Crippen molar-refractivity contribution in [2.45, 2.75) is 20.4 Å². The molecule has 0 fully saturated rings. The van der Waals surface area contributed by atoms with Gasteiger partial charge in [0.25, 0.3) is 0 Å². The lowest BCUT2D eigenvalue weighted by molar-refractivity contribution is 0.220. The fourth-order valence-electron chi connectivity index (χ4n) is 3.04. The number of benzene rings is 1. The number of H-pyrrole nitrogens is 1. The molecule has 1 aromatic carbocycles. The maximum absolute atomic E-state index is 12.7. The van der Waals surface area contributed by atoms with Crippen molar-refractivity contribution >= 4 is 11.8 Å². The Morgan fingerprint density at radius 3 is 2.74 bits per heavy atom. The van der Waals surface area contributed by atoms with Crippen molar-refractivity contribution < 1.29 is 9.53 Å². The predicted octanol–water partition coefficient (Wildman–Crippen LogP) is 3.10. The molecule has 8 nitrogen and oxygen atoms in total. The third-order valence-electron chi connectivity index (χ3n) is 4.33. The standard InChI is InChI=1S/C19H24N6O2/c1-12-10-14(22-21-12)11-24(3)19(26)20-18-17(13(2)23-25(18)4)15-8-6-7-9-16(15)27-5/h6-10H,11H2,1-5H3,(H,20,26)(H,21,22). The van der Waals surface area contributed by atoms with Gasteiger partial charge in [0.1, 0.15) is 11.6 Å². The monoisotopic (exact) mass is 368 g/mol. The Kier molecular flexibility index (Phi) is 5.16. The van der Waals surface area contributed by atoms with Crippen LogP contribution in [0.3, 0.4) is 0 Å². The van der Waals surface area contributed by atoms with Crippen molar-refractivity contribution in [1.29, 1.82) is 0 Å². The Balaban J connectivity index is 1.87. The summed E-state index contributed by atoms with van der Waals surface area (Å²) in [5, 5.41) is 14.5. The Bertz CT molecular complexity index is 959. The molecule has 0 spiro atoms. The molecule has 2 heterocycles. The van der Waals surface area contributed by atoms with Crippen LogP contribution in [0.2, 0.25) is 0 Å². The molecular formula is C19H24N6O2. The topological polar surface area (TPSA) is 88.1 Å². The van der Waals surface area contributed by atoms with Gasteiger partial charge in [-0.3, -0.25) is 15.1 Å². The number of nitrogens with one attached hydrogen (secondary N) is 2. The first-order chi connectivity index (χ1) is 12.9. The summed E-state index contributed by atoms with van der Waals surface area (Å²) in [7, 11) is 5.16. The number of nitrogens with zero attached hydrogens (tertiary/aromatic N) is 4. The Morgan fingerprint density at radius 1 is 1.33 bits per heavy atom. The van der Waals surface area contributed by atoms with E-state index in [1.807, 2.05) is 44.2 Å². The summed E-state index contributed by atoms with van der Waals surface area (Å²) in [5.74, 6) is 1.34. The normalized spacial score (nSPS) is 10.7. The van der Waals surface area contributed by atoms with Gasteiger partial charge in [-0.15, -0.1) is 0 Å². The number of anilines is 1. The van der Waals surface area contributed by atoms with Gasteiger partial charge in [-0.05, 0) is 26.0 Å². The number of aryl methyl sites for hydroxylation is 3. The molecule has 0 atom stereocenters. The van der Waals surface area contributed by atoms with Gasteiger partial charge in [0, 0.05) is 25.4 Å². The van der Waals surface area contributed by atoms with Crippen LogP contribution in [-0.4, -0.2) is 45.1 Å². The number of carbonyl (C=O) groups is 1. The second-order valence-corrected chi connectivity index (χ2v) is 6.46. The minimum absolute atomic E-state index is 0.241. The molecule has 2 amide bonds. The summed E-state index contributed by atoms with van der Waals surface area (Å²) in [4.78, 5) is 14.3. The molecule has 142 valence electrons. The molecule has 3 rings (SSSR count). The Hall–Kier alpha value is -3.29. The molecule has 27 heavy (non-hydrogen) atoms. The molecule has 0 unspecified atom stereocenters. The lowest BCUT2D eigenvalue weighted by Gasteiger charge is -2.18. The van der Waals surface area contributed by atoms with E-state index in [2.05, 4.69) is 20.6 Å². The van der Waals surface area contributed by atoms with Crippen LogP contribution in [0.25, 0.3) is 11.1 Å². The van der Waals surface area contributed by atoms with E-state index in [9.17, 15) is 4.79 Å². The minimum Gasteiger partial charge on any atom is -0.496 e. The number of urea groups is 1. The van der Waals surface area contributed by atoms with Crippen molar-refractivity contribution in [3.8, 4) is 16.9 Å². The second kappa shape index (κ2) is 7.53. The maximum atomic E-state index is 12.7. The molecule has 2 aromatic heterocycles. The van der Waals surface area contributed by atoms with E-state index in [0.29, 0.717) is 12.4 Å². The summed E-state index contributed by atoms with van der Waals surface area (Å²) >= 11 is 0. The quantitative estimate of drug-likeness (QED) is 0.724. The fourth-order valence-corrected chi connectivity index (χ4v) is 3.04. The highest BCUT2D eigenvalue weighted by Crippen LogP contribution is 2.37. The first-order valence-corrected chi connectivity index (χ1v) is 8.60. The molecule has 0 radical (unpaired) electrons. The minimum atomic E-state index is -0.241. The van der Waals surface area contributed by atoms with Gasteiger partial charge in [0.15, 0.2) is 0 Å². The number of ether oxygens (including phenoxy) is 1. The number of hydrogen-bond acceptors (Lipinski definition) is 4. The van der Waals surface area contributed by atoms with Crippen molar-refractivity contribution in [2.24, 2.45) is 7.05 Å². The van der Waals surface area contributed by atoms with E-state index in [1.54, 1.807) is 30.8 Å². The highest BCUT2D eigenvalue weighted by molar-refractivity contribution is 5.94. The lowest BCUT2D eigenvalue weighted by Crippen LogP contribution is -2.31. The van der Waals surface area contributed by atoms with E-state index in [0.717, 1.165) is 34.0 Å². The lowest BCUT2D eigenvalue weighted by atomic mass is 10.0. The van der Waals surface area contributed by atoms with Crippen LogP contribution in [0.1, 0.15) is 17.1 Å². The molecule has 8 heteroatoms. The zero-order valence-electron chi connectivity index (χ0n) is 16.2. The van der Waals surface area contributed by atoms with Crippen LogP contribution >= 0.6 is 0 Å². The zero-order chi connectivity index (χ0) is 19.6. The van der Waals surface area contributed by atoms with Crippen molar-refractivity contribution in [1.82, 2.24) is 24.9 Å². The largest absolute Gasteiger partial charge is 0.496 e. The van der Waals surface area contributed by atoms with Crippen molar-refractivity contribution in [3.05, 3.63) is 47.4 Å². The van der Waals surface area contributed by atoms with Crippen LogP contribution < -0.4 is 10.1 Å². The van der Waals surface area contributed by atoms with Crippen molar-refractivity contribution in [3.63, 3.8) is 0 Å². The smallest absolute Gasteiger partial charge is 0.323 e. The van der Waals surface area contributed by atoms with Gasteiger partial charge in [0.05, 0.1) is 30.6 Å². The first-order valence-electron chi connectivity index (χ1n) is 8.60. The summed E-state index contributed by atoms with van der Waals surface area (Å²) in [6, 6.07) is 9.36. The highest BCUT2D eigenvalue weighted by Gasteiger charge is 2.21. The average molecular weight is 368 g/mol. The number of rotatable bonds is 5. The van der Waals surface area contributed by atoms with Gasteiger partial charge in [0.2, 0.25) is 0 Å². The van der Waals surface area contributed by atoms with Crippen LogP contribution in [0.5, 0.6) is 5.75 Å². The van der Waals surface area contributed by atoms with E-state index in [4.69, 9.17) is 4.74 Å². The summed E-state index contributed by atoms with van der Waals surface area (Å²) < 4.78 is 7.15. The number of carbonyl (C=O) groups excluding carboxylic acids is 1. The van der Waals surface area contributed by atoms with Gasteiger partial charge in [-0.1, -0.05) is 18.2 Å². The van der Waals surface area contributed by atoms with E-state index < -0.39 is 0 Å². The summed E-state index contributed by atoms with van der Waals surface area (Å²) in [6.07, 6.45) is 0. The molecule has 0 aliphatic carbocycles. The molecule has 0 aliphatic heterocycles. The number of aromatic nitrogens is 4. The van der Waals surface area contributed by atoms with Crippen LogP contribution in [0.15, 0.2) is 30.3 Å². The van der Waals surface area contributed by atoms with E-state index in [1.165, 1.54) is 0 Å². The average Bonchev–Trinajstić information content (AvgIpc) is 3.17. The molecule has 0 bridgehead atoms. The first kappa shape index (κ1) is 18.5. The zero-order valence-corrected chi connectivity index (χ0v) is 16.2. The summed E-state index contributed by atoms with van der Waals surface area (Å²) in [6.45, 7) is 4.24. The van der Waals surface area contributed by atoms with Crippen LogP contribution in [0, 0.1) is 13.8 Å². The molecule has 0 aliphatic rings. The highest BCUT2D eigenvalue weighted by atomic mass is 16.5. The molecule has 3 aromatic rings. The summed E-state index contributed by atoms with van der Waals surface area (Å²) in [5.41, 5.74) is 4.29. The van der Waals surface area contributed by atoms with Crippen LogP contribution in [0.4, 0.5) is 10.6 Å². The number of amides is 2. The van der Waals surface area contributed by atoms with Crippen LogP contribution in [-0.2, 0) is 13.6 Å². The maximum Gasteiger partial charge on any atom is 0.323 e. The fraction of sp³-hybridized carbons (Fsp3) is 0.316. The number of hydrogen-bond donors (Lipinski definition) is 2. The number of aromatic amines is 1.